The first-order valence-electron chi connectivity index (χ1n) is 7.43. The molecule has 0 spiro atoms. The van der Waals surface area contributed by atoms with Gasteiger partial charge in [-0.1, -0.05) is 20.8 Å². The van der Waals surface area contributed by atoms with E-state index < -0.39 is 16.9 Å². The zero-order valence-electron chi connectivity index (χ0n) is 14.3. The van der Waals surface area contributed by atoms with Gasteiger partial charge in [0.25, 0.3) is 0 Å². The standard InChI is InChI=1S/C14H29N2O3PSi/c1-8-17-20(19-21(6,7)14(3,4)5)18-12(2)11-13-15-9-10-16-13/h9-10,12H,8,11H2,1-7H3,(H,15,16)/t12-,20?/m0/s1. The van der Waals surface area contributed by atoms with Gasteiger partial charge in [0.1, 0.15) is 5.82 Å². The van der Waals surface area contributed by atoms with Gasteiger partial charge in [0.05, 0.1) is 12.7 Å². The summed E-state index contributed by atoms with van der Waals surface area (Å²) in [7, 11) is -3.21. The van der Waals surface area contributed by atoms with Crippen LogP contribution in [0.3, 0.4) is 0 Å². The summed E-state index contributed by atoms with van der Waals surface area (Å²) in [6, 6.07) is 0. The molecule has 1 rings (SSSR count). The monoisotopic (exact) mass is 332 g/mol. The highest BCUT2D eigenvalue weighted by molar-refractivity contribution is 7.43. The van der Waals surface area contributed by atoms with Crippen LogP contribution in [0, 0.1) is 0 Å². The molecule has 21 heavy (non-hydrogen) atoms. The third kappa shape index (κ3) is 6.16. The number of aromatic amines is 1. The molecule has 2 atom stereocenters. The fourth-order valence-corrected chi connectivity index (χ4v) is 4.98. The molecule has 0 saturated heterocycles. The van der Waals surface area contributed by atoms with Crippen LogP contribution in [-0.4, -0.2) is 31.0 Å². The Kier molecular flexibility index (Phi) is 7.01. The molecule has 0 fully saturated rings. The predicted octanol–water partition coefficient (Wildman–Crippen LogP) is 4.64. The van der Waals surface area contributed by atoms with E-state index in [2.05, 4.69) is 43.8 Å². The van der Waals surface area contributed by atoms with Crippen LogP contribution in [-0.2, 0) is 19.7 Å². The molecule has 0 aliphatic carbocycles. The first-order valence-corrected chi connectivity index (χ1v) is 11.4. The van der Waals surface area contributed by atoms with Gasteiger partial charge >= 0.3 is 8.60 Å². The Bertz CT molecular complexity index is 407. The van der Waals surface area contributed by atoms with Gasteiger partial charge in [-0.15, -0.1) is 0 Å². The van der Waals surface area contributed by atoms with Crippen LogP contribution in [0.4, 0.5) is 0 Å². The Morgan fingerprint density at radius 1 is 1.38 bits per heavy atom. The zero-order chi connectivity index (χ0) is 16.1. The van der Waals surface area contributed by atoms with Crippen molar-refractivity contribution in [2.45, 2.75) is 65.3 Å². The summed E-state index contributed by atoms with van der Waals surface area (Å²) in [4.78, 5) is 7.31. The van der Waals surface area contributed by atoms with Gasteiger partial charge < -0.3 is 18.2 Å². The van der Waals surface area contributed by atoms with Gasteiger partial charge in [0.2, 0.25) is 8.32 Å². The first-order chi connectivity index (χ1) is 9.65. The van der Waals surface area contributed by atoms with Gasteiger partial charge in [-0.3, -0.25) is 0 Å². The lowest BCUT2D eigenvalue weighted by molar-refractivity contribution is 0.158. The third-order valence-electron chi connectivity index (χ3n) is 3.65. The summed E-state index contributed by atoms with van der Waals surface area (Å²) in [6.45, 7) is 15.6. The second kappa shape index (κ2) is 7.84. The highest BCUT2D eigenvalue weighted by atomic mass is 31.2. The number of nitrogens with zero attached hydrogens (tertiary/aromatic N) is 1. The topological polar surface area (TPSA) is 56.4 Å². The first kappa shape index (κ1) is 18.8. The maximum absolute atomic E-state index is 6.26. The molecule has 0 radical (unpaired) electrons. The molecule has 7 heteroatoms. The highest BCUT2D eigenvalue weighted by Crippen LogP contribution is 2.50. The van der Waals surface area contributed by atoms with E-state index in [4.69, 9.17) is 13.3 Å². The van der Waals surface area contributed by atoms with E-state index in [0.29, 0.717) is 6.61 Å². The average molecular weight is 332 g/mol. The van der Waals surface area contributed by atoms with Crippen molar-refractivity contribution in [3.63, 3.8) is 0 Å². The van der Waals surface area contributed by atoms with Crippen LogP contribution in [0.25, 0.3) is 0 Å². The summed E-state index contributed by atoms with van der Waals surface area (Å²) >= 11 is 0. The molecule has 0 aliphatic rings. The number of hydrogen-bond acceptors (Lipinski definition) is 4. The molecule has 1 aromatic heterocycles. The quantitative estimate of drug-likeness (QED) is 0.556. The maximum atomic E-state index is 6.26. The van der Waals surface area contributed by atoms with E-state index >= 15 is 0 Å². The summed E-state index contributed by atoms with van der Waals surface area (Å²) in [5.74, 6) is 0.918. The highest BCUT2D eigenvalue weighted by Gasteiger charge is 2.41. The van der Waals surface area contributed by atoms with Crippen LogP contribution in [0.2, 0.25) is 18.1 Å². The van der Waals surface area contributed by atoms with E-state index in [1.165, 1.54) is 0 Å². The SMILES string of the molecule is CCOP(O[C@@H](C)Cc1ncc[nH]1)O[Si](C)(C)C(C)(C)C. The lowest BCUT2D eigenvalue weighted by atomic mass is 10.2. The van der Waals surface area contributed by atoms with E-state index in [1.54, 1.807) is 6.20 Å². The van der Waals surface area contributed by atoms with Crippen LogP contribution < -0.4 is 0 Å². The van der Waals surface area contributed by atoms with Crippen molar-refractivity contribution in [3.05, 3.63) is 18.2 Å². The summed E-state index contributed by atoms with van der Waals surface area (Å²) in [6.07, 6.45) is 4.29. The number of H-pyrrole nitrogens is 1. The number of rotatable bonds is 8. The van der Waals surface area contributed by atoms with Crippen molar-refractivity contribution < 1.29 is 13.3 Å². The zero-order valence-corrected chi connectivity index (χ0v) is 16.2. The molecule has 122 valence electrons. The maximum Gasteiger partial charge on any atom is 0.322 e. The van der Waals surface area contributed by atoms with Crippen molar-refractivity contribution in [2.75, 3.05) is 6.61 Å². The van der Waals surface area contributed by atoms with Gasteiger partial charge in [-0.05, 0) is 32.0 Å². The smallest absolute Gasteiger partial charge is 0.322 e. The third-order valence-corrected chi connectivity index (χ3v) is 10.7. The molecule has 0 bridgehead atoms. The van der Waals surface area contributed by atoms with E-state index in [9.17, 15) is 0 Å². The molecular formula is C14H29N2O3PSi. The van der Waals surface area contributed by atoms with Gasteiger partial charge in [-0.25, -0.2) is 4.98 Å². The largest absolute Gasteiger partial charge is 0.354 e. The van der Waals surface area contributed by atoms with Gasteiger partial charge in [-0.2, -0.15) is 0 Å². The lowest BCUT2D eigenvalue weighted by Gasteiger charge is -2.38. The molecule has 1 heterocycles. The minimum Gasteiger partial charge on any atom is -0.354 e. The lowest BCUT2D eigenvalue weighted by Crippen LogP contribution is -2.39. The summed E-state index contributed by atoms with van der Waals surface area (Å²) in [5, 5.41) is 0.137. The second-order valence-electron chi connectivity index (χ2n) is 6.65. The number of imidazole rings is 1. The summed E-state index contributed by atoms with van der Waals surface area (Å²) in [5.41, 5.74) is 0. The molecule has 5 nitrogen and oxygen atoms in total. The number of hydrogen-bond donors (Lipinski definition) is 1. The van der Waals surface area contributed by atoms with E-state index in [1.807, 2.05) is 20.0 Å². The van der Waals surface area contributed by atoms with Crippen LogP contribution in [0.1, 0.15) is 40.4 Å². The Labute approximate surface area is 130 Å². The second-order valence-corrected chi connectivity index (χ2v) is 12.8. The van der Waals surface area contributed by atoms with Gasteiger partial charge in [0.15, 0.2) is 0 Å². The molecule has 0 amide bonds. The van der Waals surface area contributed by atoms with Crippen molar-refractivity contribution in [1.29, 1.82) is 0 Å². The fourth-order valence-electron chi connectivity index (χ4n) is 1.37. The predicted molar refractivity (Wildman–Crippen MR) is 89.7 cm³/mol. The Morgan fingerprint density at radius 2 is 2.05 bits per heavy atom. The molecule has 1 unspecified atom stereocenters. The van der Waals surface area contributed by atoms with Crippen molar-refractivity contribution in [1.82, 2.24) is 9.97 Å². The molecule has 0 saturated carbocycles. The molecule has 1 N–H and O–H groups in total. The van der Waals surface area contributed by atoms with E-state index in [0.717, 1.165) is 12.2 Å². The molecule has 0 aromatic carbocycles. The minimum absolute atomic E-state index is 0.00132. The Balaban J connectivity index is 2.60. The van der Waals surface area contributed by atoms with Crippen molar-refractivity contribution >= 4 is 16.9 Å². The molecular weight excluding hydrogens is 303 g/mol. The fraction of sp³-hybridized carbons (Fsp3) is 0.786. The number of nitrogens with one attached hydrogen (secondary N) is 1. The van der Waals surface area contributed by atoms with Crippen LogP contribution >= 0.6 is 8.60 Å². The normalized spacial score (nSPS) is 16.0. The van der Waals surface area contributed by atoms with Crippen molar-refractivity contribution in [2.24, 2.45) is 0 Å². The van der Waals surface area contributed by atoms with Gasteiger partial charge in [0, 0.05) is 18.8 Å². The minimum atomic E-state index is -1.90. The van der Waals surface area contributed by atoms with Crippen molar-refractivity contribution in [3.8, 4) is 0 Å². The Hall–Kier alpha value is -0.263. The summed E-state index contributed by atoms with van der Waals surface area (Å²) < 4.78 is 17.9. The average Bonchev–Trinajstić information content (AvgIpc) is 2.79. The Morgan fingerprint density at radius 3 is 2.52 bits per heavy atom. The van der Waals surface area contributed by atoms with E-state index in [-0.39, 0.29) is 11.1 Å². The molecule has 1 aromatic rings. The van der Waals surface area contributed by atoms with Crippen LogP contribution in [0.15, 0.2) is 12.4 Å². The molecule has 0 aliphatic heterocycles. The van der Waals surface area contributed by atoms with Crippen LogP contribution in [0.5, 0.6) is 0 Å². The number of aromatic nitrogens is 2.